The van der Waals surface area contributed by atoms with Gasteiger partial charge < -0.3 is 15.6 Å². The Hall–Kier alpha value is -3.28. The largest absolute Gasteiger partial charge is 0.508 e. The fourth-order valence-corrected chi connectivity index (χ4v) is 7.82. The number of amides is 2. The van der Waals surface area contributed by atoms with E-state index in [-0.39, 0.29) is 23.7 Å². The molecule has 0 spiro atoms. The minimum atomic E-state index is -0.465. The maximum Gasteiger partial charge on any atom is 0.411 e. The van der Waals surface area contributed by atoms with Crippen LogP contribution in [0.25, 0.3) is 0 Å². The van der Waals surface area contributed by atoms with E-state index >= 15 is 0 Å². The predicted octanol–water partition coefficient (Wildman–Crippen LogP) is 5.86. The lowest BCUT2D eigenvalue weighted by Crippen LogP contribution is -2.52. The second kappa shape index (κ2) is 8.93. The maximum atomic E-state index is 13.5. The molecule has 6 heteroatoms. The molecule has 4 aliphatic rings. The van der Waals surface area contributed by atoms with Crippen LogP contribution >= 0.6 is 0 Å². The Kier molecular flexibility index (Phi) is 5.81. The molecule has 3 aliphatic carbocycles. The van der Waals surface area contributed by atoms with Crippen LogP contribution in [-0.4, -0.2) is 34.7 Å². The number of ether oxygens (including phenoxy) is 1. The number of carbonyl (C=O) groups excluding carboxylic acids is 2. The van der Waals surface area contributed by atoms with Crippen molar-refractivity contribution >= 4 is 12.0 Å². The molecule has 1 heterocycles. The van der Waals surface area contributed by atoms with E-state index in [4.69, 9.17) is 10.5 Å². The van der Waals surface area contributed by atoms with Gasteiger partial charge in [-0.25, -0.2) is 4.79 Å². The number of hydrogen-bond acceptors (Lipinski definition) is 4. The third kappa shape index (κ3) is 3.75. The van der Waals surface area contributed by atoms with E-state index < -0.39 is 5.91 Å². The van der Waals surface area contributed by atoms with Gasteiger partial charge in [0.05, 0.1) is 6.04 Å². The second-order valence-electron chi connectivity index (χ2n) is 11.6. The Morgan fingerprint density at radius 1 is 1.22 bits per heavy atom. The minimum absolute atomic E-state index is 0.156. The number of hydrogen-bond donors (Lipinski definition) is 2. The molecule has 194 valence electrons. The van der Waals surface area contributed by atoms with Crippen LogP contribution in [0.1, 0.15) is 85.0 Å². The third-order valence-electron chi connectivity index (χ3n) is 9.60. The van der Waals surface area contributed by atoms with Crippen molar-refractivity contribution in [2.24, 2.45) is 23.0 Å². The van der Waals surface area contributed by atoms with Gasteiger partial charge in [0.2, 0.25) is 5.91 Å². The first-order valence-electron chi connectivity index (χ1n) is 13.7. The van der Waals surface area contributed by atoms with Crippen LogP contribution in [0, 0.1) is 17.3 Å². The molecule has 2 fully saturated rings. The number of fused-ring (bicyclic) bond motifs is 7. The van der Waals surface area contributed by atoms with E-state index in [2.05, 4.69) is 26.0 Å². The Morgan fingerprint density at radius 3 is 2.84 bits per heavy atom. The molecule has 6 rings (SSSR count). The van der Waals surface area contributed by atoms with Gasteiger partial charge in [0.1, 0.15) is 11.9 Å². The molecule has 1 aliphatic heterocycles. The first kappa shape index (κ1) is 24.1. The fourth-order valence-electron chi connectivity index (χ4n) is 7.82. The van der Waals surface area contributed by atoms with Crippen molar-refractivity contribution in [3.8, 4) is 5.75 Å². The number of nitrogens with zero attached hydrogens (tertiary/aromatic N) is 1. The Morgan fingerprint density at radius 2 is 2.05 bits per heavy atom. The van der Waals surface area contributed by atoms with Crippen molar-refractivity contribution in [1.82, 2.24) is 4.90 Å². The lowest BCUT2D eigenvalue weighted by Gasteiger charge is -2.51. The average molecular weight is 501 g/mol. The summed E-state index contributed by atoms with van der Waals surface area (Å²) in [7, 11) is 0. The van der Waals surface area contributed by atoms with E-state index in [1.165, 1.54) is 11.1 Å². The number of aromatic hydroxyl groups is 1. The van der Waals surface area contributed by atoms with Gasteiger partial charge in [-0.1, -0.05) is 44.5 Å². The standard InChI is InChI=1S/C31H36N2O4/c1-3-4-14-33-27(19-6-5-7-20(15-19)29(32)35)25-17-26-24-10-8-18-16-21(34)9-11-22(18)23(24)12-13-31(26,2)28(25)37-30(33)36/h5-7,9,11,15-17,23-24,26-28,34H,3-4,8,10,12-14H2,1-2H3,(H2,32,35)/t23-,24-,26+,27+,28+,31+/m1/s1. The number of aryl methyl sites for hydroxylation is 1. The summed E-state index contributed by atoms with van der Waals surface area (Å²) < 4.78 is 6.28. The zero-order chi connectivity index (χ0) is 25.9. The molecule has 2 aromatic rings. The molecule has 1 saturated heterocycles. The van der Waals surface area contributed by atoms with Crippen molar-refractivity contribution in [3.05, 3.63) is 76.4 Å². The number of carbonyl (C=O) groups is 2. The van der Waals surface area contributed by atoms with Gasteiger partial charge in [0.15, 0.2) is 0 Å². The molecule has 37 heavy (non-hydrogen) atoms. The summed E-state index contributed by atoms with van der Waals surface area (Å²) in [5, 5.41) is 10.0. The maximum absolute atomic E-state index is 13.5. The number of allylic oxidation sites excluding steroid dienone is 1. The van der Waals surface area contributed by atoms with Gasteiger partial charge in [-0.15, -0.1) is 0 Å². The average Bonchev–Trinajstić information content (AvgIpc) is 3.18. The molecule has 6 atom stereocenters. The number of rotatable bonds is 5. The van der Waals surface area contributed by atoms with Crippen LogP contribution in [0.2, 0.25) is 0 Å². The monoisotopic (exact) mass is 500 g/mol. The summed E-state index contributed by atoms with van der Waals surface area (Å²) in [6.07, 6.45) is 7.79. The van der Waals surface area contributed by atoms with E-state index in [1.807, 2.05) is 35.2 Å². The van der Waals surface area contributed by atoms with Crippen molar-refractivity contribution in [3.63, 3.8) is 0 Å². The van der Waals surface area contributed by atoms with E-state index in [1.54, 1.807) is 6.07 Å². The van der Waals surface area contributed by atoms with E-state index in [9.17, 15) is 14.7 Å². The molecule has 0 radical (unpaired) electrons. The molecule has 0 aromatic heterocycles. The van der Waals surface area contributed by atoms with Crippen molar-refractivity contribution in [2.75, 3.05) is 6.54 Å². The summed E-state index contributed by atoms with van der Waals surface area (Å²) in [6.45, 7) is 5.03. The first-order valence-corrected chi connectivity index (χ1v) is 13.7. The predicted molar refractivity (Wildman–Crippen MR) is 141 cm³/mol. The summed E-state index contributed by atoms with van der Waals surface area (Å²) in [5.74, 6) is 1.09. The van der Waals surface area contributed by atoms with Crippen LogP contribution < -0.4 is 5.73 Å². The van der Waals surface area contributed by atoms with Crippen molar-refractivity contribution in [1.29, 1.82) is 0 Å². The topological polar surface area (TPSA) is 92.9 Å². The van der Waals surface area contributed by atoms with Crippen LogP contribution in [0.15, 0.2) is 54.1 Å². The van der Waals surface area contributed by atoms with E-state index in [0.717, 1.165) is 49.7 Å². The van der Waals surface area contributed by atoms with Crippen LogP contribution in [0.3, 0.4) is 0 Å². The summed E-state index contributed by atoms with van der Waals surface area (Å²) in [5.41, 5.74) is 10.6. The quantitative estimate of drug-likeness (QED) is 0.503. The minimum Gasteiger partial charge on any atom is -0.508 e. The number of benzene rings is 2. The fraction of sp³-hybridized carbons (Fsp3) is 0.484. The zero-order valence-corrected chi connectivity index (χ0v) is 21.7. The molecule has 3 N–H and O–H groups in total. The Bertz CT molecular complexity index is 1290. The number of phenolic OH excluding ortho intramolecular Hbond substituents is 1. The summed E-state index contributed by atoms with van der Waals surface area (Å²) in [6, 6.07) is 13.0. The van der Waals surface area contributed by atoms with Gasteiger partial charge in [-0.3, -0.25) is 9.69 Å². The second-order valence-corrected chi connectivity index (χ2v) is 11.6. The highest BCUT2D eigenvalue weighted by atomic mass is 16.6. The normalized spacial score (nSPS) is 31.9. The highest BCUT2D eigenvalue weighted by molar-refractivity contribution is 5.93. The lowest BCUT2D eigenvalue weighted by molar-refractivity contribution is -0.0539. The third-order valence-corrected chi connectivity index (χ3v) is 9.60. The van der Waals surface area contributed by atoms with E-state index in [0.29, 0.717) is 35.6 Å². The van der Waals surface area contributed by atoms with Gasteiger partial charge in [-0.05, 0) is 96.4 Å². The lowest BCUT2D eigenvalue weighted by atomic mass is 9.55. The molecular weight excluding hydrogens is 464 g/mol. The SMILES string of the molecule is CCCCN1C(=O)O[C@H]2C(=C[C@H]3[C@@H]4CCc5cc(O)ccc5[C@H]4CC[C@]23C)[C@@H]1c1cccc(C(N)=O)c1. The van der Waals surface area contributed by atoms with Crippen molar-refractivity contribution < 1.29 is 19.4 Å². The van der Waals surface area contributed by atoms with Gasteiger partial charge in [0, 0.05) is 17.5 Å². The van der Waals surface area contributed by atoms with Gasteiger partial charge in [-0.2, -0.15) is 0 Å². The molecule has 0 unspecified atom stereocenters. The molecule has 2 amide bonds. The molecule has 6 nitrogen and oxygen atoms in total. The van der Waals surface area contributed by atoms with Gasteiger partial charge in [0.25, 0.3) is 0 Å². The highest BCUT2D eigenvalue weighted by Crippen LogP contribution is 2.63. The highest BCUT2D eigenvalue weighted by Gasteiger charge is 2.60. The number of unbranched alkanes of at least 4 members (excludes halogenated alkanes) is 1. The molecule has 0 bridgehead atoms. The molecular formula is C31H36N2O4. The first-order chi connectivity index (χ1) is 17.8. The Balaban J connectivity index is 1.43. The number of nitrogens with two attached hydrogens (primary N) is 1. The smallest absolute Gasteiger partial charge is 0.411 e. The van der Waals surface area contributed by atoms with Gasteiger partial charge >= 0.3 is 6.09 Å². The number of primary amides is 1. The zero-order valence-electron chi connectivity index (χ0n) is 21.7. The summed E-state index contributed by atoms with van der Waals surface area (Å²) in [4.78, 5) is 27.4. The molecule has 2 aromatic carbocycles. The molecule has 1 saturated carbocycles. The van der Waals surface area contributed by atoms with Crippen molar-refractivity contribution in [2.45, 2.75) is 70.4 Å². The van der Waals surface area contributed by atoms with Crippen LogP contribution in [0.4, 0.5) is 4.79 Å². The number of phenols is 1. The Labute approximate surface area is 218 Å². The van der Waals surface area contributed by atoms with Crippen LogP contribution in [0.5, 0.6) is 5.75 Å². The van der Waals surface area contributed by atoms with Crippen LogP contribution in [-0.2, 0) is 11.2 Å². The summed E-state index contributed by atoms with van der Waals surface area (Å²) >= 11 is 0.